The third kappa shape index (κ3) is 5.69. The normalized spacial score (nSPS) is 16.1. The number of hydrogen-bond donors (Lipinski definition) is 2. The van der Waals surface area contributed by atoms with Crippen molar-refractivity contribution in [3.8, 4) is 5.88 Å². The van der Waals surface area contributed by atoms with E-state index in [1.54, 1.807) is 6.20 Å². The van der Waals surface area contributed by atoms with Crippen molar-refractivity contribution in [1.29, 1.82) is 0 Å². The Kier molecular flexibility index (Phi) is 8.11. The van der Waals surface area contributed by atoms with Gasteiger partial charge in [0, 0.05) is 29.7 Å². The standard InChI is InChI=1S/C21H31N5OS/c1-3-22-21(24-15-17-9-7-11-23-20(17)27-4-2)25-16-18(19-10-8-14-28-19)26-12-5-6-13-26/h7-11,14,18H,3-6,12-13,15-16H2,1-2H3,(H2,22,24,25). The SMILES string of the molecule is CCNC(=NCc1cccnc1OCC)NCC(c1cccs1)N1CCCC1. The summed E-state index contributed by atoms with van der Waals surface area (Å²) in [7, 11) is 0. The highest BCUT2D eigenvalue weighted by Crippen LogP contribution is 2.27. The first-order valence-corrected chi connectivity index (χ1v) is 11.1. The molecule has 2 aromatic heterocycles. The summed E-state index contributed by atoms with van der Waals surface area (Å²) < 4.78 is 5.62. The Labute approximate surface area is 172 Å². The highest BCUT2D eigenvalue weighted by Gasteiger charge is 2.24. The maximum atomic E-state index is 5.62. The van der Waals surface area contributed by atoms with Crippen LogP contribution >= 0.6 is 11.3 Å². The molecule has 2 N–H and O–H groups in total. The summed E-state index contributed by atoms with van der Waals surface area (Å²) in [4.78, 5) is 13.1. The van der Waals surface area contributed by atoms with Gasteiger partial charge in [0.2, 0.25) is 5.88 Å². The van der Waals surface area contributed by atoms with Gasteiger partial charge in [0.25, 0.3) is 0 Å². The minimum absolute atomic E-state index is 0.392. The predicted molar refractivity (Wildman–Crippen MR) is 116 cm³/mol. The Hall–Kier alpha value is -2.12. The fourth-order valence-electron chi connectivity index (χ4n) is 3.45. The van der Waals surface area contributed by atoms with Crippen LogP contribution in [0, 0.1) is 0 Å². The summed E-state index contributed by atoms with van der Waals surface area (Å²) in [5.41, 5.74) is 0.996. The average molecular weight is 402 g/mol. The fourth-order valence-corrected chi connectivity index (χ4v) is 4.32. The van der Waals surface area contributed by atoms with Gasteiger partial charge in [0.1, 0.15) is 0 Å². The van der Waals surface area contributed by atoms with Gasteiger partial charge in [-0.25, -0.2) is 9.98 Å². The van der Waals surface area contributed by atoms with E-state index in [0.29, 0.717) is 25.1 Å². The van der Waals surface area contributed by atoms with E-state index in [9.17, 15) is 0 Å². The van der Waals surface area contributed by atoms with Crippen molar-refractivity contribution in [2.24, 2.45) is 4.99 Å². The molecule has 6 nitrogen and oxygen atoms in total. The molecule has 1 aliphatic heterocycles. The van der Waals surface area contributed by atoms with Gasteiger partial charge in [0.05, 0.1) is 19.2 Å². The Balaban J connectivity index is 1.67. The molecular formula is C21H31N5OS. The Morgan fingerprint density at radius 3 is 2.82 bits per heavy atom. The lowest BCUT2D eigenvalue weighted by molar-refractivity contribution is 0.249. The van der Waals surface area contributed by atoms with Gasteiger partial charge in [-0.2, -0.15) is 0 Å². The molecule has 0 spiro atoms. The smallest absolute Gasteiger partial charge is 0.218 e. The molecule has 1 aliphatic rings. The molecule has 152 valence electrons. The Morgan fingerprint density at radius 1 is 1.25 bits per heavy atom. The number of likely N-dealkylation sites (tertiary alicyclic amines) is 1. The Bertz CT molecular complexity index is 728. The number of ether oxygens (including phenoxy) is 1. The van der Waals surface area contributed by atoms with E-state index in [-0.39, 0.29) is 0 Å². The maximum absolute atomic E-state index is 5.62. The van der Waals surface area contributed by atoms with Crippen LogP contribution in [0.3, 0.4) is 0 Å². The summed E-state index contributed by atoms with van der Waals surface area (Å²) >= 11 is 1.83. The first-order chi connectivity index (χ1) is 13.8. The second-order valence-corrected chi connectivity index (χ2v) is 7.73. The molecule has 0 aromatic carbocycles. The molecule has 1 saturated heterocycles. The molecule has 1 unspecified atom stereocenters. The number of nitrogens with zero attached hydrogens (tertiary/aromatic N) is 3. The van der Waals surface area contributed by atoms with Gasteiger partial charge < -0.3 is 15.4 Å². The van der Waals surface area contributed by atoms with Crippen LogP contribution in [-0.4, -0.2) is 48.6 Å². The Morgan fingerprint density at radius 2 is 2.11 bits per heavy atom. The van der Waals surface area contributed by atoms with Gasteiger partial charge in [-0.1, -0.05) is 12.1 Å². The zero-order valence-corrected chi connectivity index (χ0v) is 17.7. The maximum Gasteiger partial charge on any atom is 0.218 e. The van der Waals surface area contributed by atoms with Crippen LogP contribution in [0.1, 0.15) is 43.2 Å². The molecule has 0 amide bonds. The minimum Gasteiger partial charge on any atom is -0.478 e. The molecule has 3 rings (SSSR count). The molecule has 0 radical (unpaired) electrons. The van der Waals surface area contributed by atoms with Gasteiger partial charge in [-0.15, -0.1) is 11.3 Å². The van der Waals surface area contributed by atoms with Gasteiger partial charge in [-0.05, 0) is 57.3 Å². The molecule has 0 aliphatic carbocycles. The van der Waals surface area contributed by atoms with Crippen molar-refractivity contribution in [1.82, 2.24) is 20.5 Å². The van der Waals surface area contributed by atoms with E-state index in [0.717, 1.165) is 24.6 Å². The van der Waals surface area contributed by atoms with Gasteiger partial charge in [-0.3, -0.25) is 4.90 Å². The van der Waals surface area contributed by atoms with Crippen LogP contribution in [0.2, 0.25) is 0 Å². The number of pyridine rings is 1. The lowest BCUT2D eigenvalue weighted by Gasteiger charge is -2.27. The number of aromatic nitrogens is 1. The van der Waals surface area contributed by atoms with Crippen molar-refractivity contribution in [3.05, 3.63) is 46.3 Å². The monoisotopic (exact) mass is 401 g/mol. The highest BCUT2D eigenvalue weighted by atomic mass is 32.1. The largest absolute Gasteiger partial charge is 0.478 e. The fraction of sp³-hybridized carbons (Fsp3) is 0.524. The molecule has 3 heterocycles. The van der Waals surface area contributed by atoms with Crippen LogP contribution in [0.25, 0.3) is 0 Å². The number of guanidine groups is 1. The number of thiophene rings is 1. The van der Waals surface area contributed by atoms with E-state index >= 15 is 0 Å². The molecule has 28 heavy (non-hydrogen) atoms. The lowest BCUT2D eigenvalue weighted by Crippen LogP contribution is -2.42. The molecular weight excluding hydrogens is 370 g/mol. The molecule has 1 fully saturated rings. The van der Waals surface area contributed by atoms with Crippen molar-refractivity contribution in [3.63, 3.8) is 0 Å². The van der Waals surface area contributed by atoms with Crippen molar-refractivity contribution >= 4 is 17.3 Å². The van der Waals surface area contributed by atoms with Gasteiger partial charge in [0.15, 0.2) is 5.96 Å². The first-order valence-electron chi connectivity index (χ1n) is 10.2. The van der Waals surface area contributed by atoms with E-state index in [1.165, 1.54) is 30.8 Å². The topological polar surface area (TPSA) is 61.8 Å². The summed E-state index contributed by atoms with van der Waals surface area (Å²) in [6.45, 7) is 9.20. The molecule has 7 heteroatoms. The summed E-state index contributed by atoms with van der Waals surface area (Å²) in [5, 5.41) is 9.07. The van der Waals surface area contributed by atoms with E-state index in [4.69, 9.17) is 9.73 Å². The van der Waals surface area contributed by atoms with Crippen LogP contribution in [0.5, 0.6) is 5.88 Å². The van der Waals surface area contributed by atoms with Crippen LogP contribution in [-0.2, 0) is 6.54 Å². The minimum atomic E-state index is 0.392. The van der Waals surface area contributed by atoms with Crippen LogP contribution < -0.4 is 15.4 Å². The van der Waals surface area contributed by atoms with Gasteiger partial charge >= 0.3 is 0 Å². The zero-order chi connectivity index (χ0) is 19.6. The van der Waals surface area contributed by atoms with Crippen LogP contribution in [0.4, 0.5) is 0 Å². The third-order valence-corrected chi connectivity index (χ3v) is 5.77. The van der Waals surface area contributed by atoms with E-state index in [1.807, 2.05) is 30.4 Å². The molecule has 0 saturated carbocycles. The van der Waals surface area contributed by atoms with Crippen molar-refractivity contribution in [2.45, 2.75) is 39.3 Å². The molecule has 2 aromatic rings. The second kappa shape index (κ2) is 11.0. The molecule has 0 bridgehead atoms. The summed E-state index contributed by atoms with van der Waals surface area (Å²) in [6.07, 6.45) is 4.33. The van der Waals surface area contributed by atoms with Crippen LogP contribution in [0.15, 0.2) is 40.8 Å². The van der Waals surface area contributed by atoms with Crippen molar-refractivity contribution in [2.75, 3.05) is 32.8 Å². The van der Waals surface area contributed by atoms with Crippen molar-refractivity contribution < 1.29 is 4.74 Å². The number of rotatable bonds is 9. The number of nitrogens with one attached hydrogen (secondary N) is 2. The van der Waals surface area contributed by atoms with E-state index < -0.39 is 0 Å². The molecule has 1 atom stereocenters. The summed E-state index contributed by atoms with van der Waals surface area (Å²) in [6, 6.07) is 8.71. The third-order valence-electron chi connectivity index (χ3n) is 4.80. The highest BCUT2D eigenvalue weighted by molar-refractivity contribution is 7.10. The second-order valence-electron chi connectivity index (χ2n) is 6.75. The predicted octanol–water partition coefficient (Wildman–Crippen LogP) is 3.43. The zero-order valence-electron chi connectivity index (χ0n) is 16.9. The number of aliphatic imine (C=N–C) groups is 1. The lowest BCUT2D eigenvalue weighted by atomic mass is 10.2. The summed E-state index contributed by atoms with van der Waals surface area (Å²) in [5.74, 6) is 1.49. The number of hydrogen-bond acceptors (Lipinski definition) is 5. The average Bonchev–Trinajstić information content (AvgIpc) is 3.42. The quantitative estimate of drug-likeness (QED) is 0.498. The first kappa shape index (κ1) is 20.6. The van der Waals surface area contributed by atoms with E-state index in [2.05, 4.69) is 45.0 Å².